The van der Waals surface area contributed by atoms with Crippen molar-refractivity contribution in [1.29, 1.82) is 0 Å². The van der Waals surface area contributed by atoms with Crippen molar-refractivity contribution in [3.8, 4) is 10.7 Å². The fourth-order valence-electron chi connectivity index (χ4n) is 3.06. The first-order valence-corrected chi connectivity index (χ1v) is 10.7. The van der Waals surface area contributed by atoms with Crippen LogP contribution < -0.4 is 5.32 Å². The third-order valence-electron chi connectivity index (χ3n) is 4.35. The highest BCUT2D eigenvalue weighted by atomic mass is 32.2. The van der Waals surface area contributed by atoms with E-state index in [-0.39, 0.29) is 11.2 Å². The zero-order valence-corrected chi connectivity index (χ0v) is 17.9. The number of benzene rings is 1. The first kappa shape index (κ1) is 19.6. The molecule has 7 heteroatoms. The van der Waals surface area contributed by atoms with Gasteiger partial charge in [-0.25, -0.2) is 0 Å². The van der Waals surface area contributed by atoms with Gasteiger partial charge in [0.25, 0.3) is 0 Å². The van der Waals surface area contributed by atoms with E-state index < -0.39 is 0 Å². The van der Waals surface area contributed by atoms with E-state index in [0.717, 1.165) is 39.2 Å². The maximum Gasteiger partial charge on any atom is 0.237 e. The highest BCUT2D eigenvalue weighted by molar-refractivity contribution is 8.00. The summed E-state index contributed by atoms with van der Waals surface area (Å²) in [6, 6.07) is 8.21. The molecule has 1 amide bonds. The summed E-state index contributed by atoms with van der Waals surface area (Å²) in [4.78, 5) is 13.8. The van der Waals surface area contributed by atoms with Crippen molar-refractivity contribution in [2.24, 2.45) is 0 Å². The maximum absolute atomic E-state index is 12.8. The molecule has 0 fully saturated rings. The number of thiophene rings is 1. The van der Waals surface area contributed by atoms with Crippen LogP contribution in [-0.4, -0.2) is 25.9 Å². The number of rotatable bonds is 6. The van der Waals surface area contributed by atoms with Crippen molar-refractivity contribution in [1.82, 2.24) is 14.8 Å². The lowest BCUT2D eigenvalue weighted by molar-refractivity contribution is -0.115. The number of carbonyl (C=O) groups is 1. The molecule has 142 valence electrons. The van der Waals surface area contributed by atoms with Crippen LogP contribution in [0.3, 0.4) is 0 Å². The number of carbonyl (C=O) groups excluding carboxylic acids is 1. The van der Waals surface area contributed by atoms with Gasteiger partial charge in [-0.3, -0.25) is 4.79 Å². The zero-order valence-electron chi connectivity index (χ0n) is 16.2. The summed E-state index contributed by atoms with van der Waals surface area (Å²) in [5.41, 5.74) is 4.25. The smallest absolute Gasteiger partial charge is 0.237 e. The van der Waals surface area contributed by atoms with Crippen LogP contribution in [0.2, 0.25) is 0 Å². The van der Waals surface area contributed by atoms with E-state index in [1.807, 2.05) is 38.3 Å². The number of aromatic nitrogens is 3. The molecule has 5 nitrogen and oxygen atoms in total. The Morgan fingerprint density at radius 3 is 2.56 bits per heavy atom. The minimum Gasteiger partial charge on any atom is -0.325 e. The normalized spacial score (nSPS) is 12.2. The fourth-order valence-corrected chi connectivity index (χ4v) is 4.69. The average Bonchev–Trinajstić information content (AvgIpc) is 3.26. The fraction of sp³-hybridized carbons (Fsp3) is 0.350. The van der Waals surface area contributed by atoms with Gasteiger partial charge in [0.05, 0.1) is 10.1 Å². The van der Waals surface area contributed by atoms with Crippen molar-refractivity contribution < 1.29 is 4.79 Å². The Hall–Kier alpha value is -2.12. The summed E-state index contributed by atoms with van der Waals surface area (Å²) >= 11 is 3.08. The number of nitrogens with zero attached hydrogens (tertiary/aromatic N) is 3. The van der Waals surface area contributed by atoms with E-state index in [2.05, 4.69) is 46.1 Å². The van der Waals surface area contributed by atoms with Crippen LogP contribution in [0.4, 0.5) is 5.69 Å². The molecule has 2 heterocycles. The summed E-state index contributed by atoms with van der Waals surface area (Å²) in [6.45, 7) is 10.8. The molecule has 1 N–H and O–H groups in total. The van der Waals surface area contributed by atoms with Gasteiger partial charge in [0.15, 0.2) is 11.0 Å². The molecule has 27 heavy (non-hydrogen) atoms. The van der Waals surface area contributed by atoms with E-state index in [1.165, 1.54) is 17.3 Å². The molecule has 2 aromatic heterocycles. The second-order valence-electron chi connectivity index (χ2n) is 6.55. The highest BCUT2D eigenvalue weighted by Gasteiger charge is 2.21. The molecule has 0 aliphatic heterocycles. The monoisotopic (exact) mass is 400 g/mol. The van der Waals surface area contributed by atoms with E-state index >= 15 is 0 Å². The second-order valence-corrected chi connectivity index (χ2v) is 8.81. The van der Waals surface area contributed by atoms with Crippen LogP contribution in [0.15, 0.2) is 34.8 Å². The number of anilines is 1. The Bertz CT molecular complexity index is 924. The Labute approximate surface area is 168 Å². The Kier molecular flexibility index (Phi) is 6.01. The molecule has 1 aromatic carbocycles. The molecule has 0 spiro atoms. The van der Waals surface area contributed by atoms with Crippen molar-refractivity contribution >= 4 is 34.7 Å². The summed E-state index contributed by atoms with van der Waals surface area (Å²) in [7, 11) is 0. The van der Waals surface area contributed by atoms with Gasteiger partial charge in [-0.1, -0.05) is 35.5 Å². The molecule has 0 aliphatic carbocycles. The van der Waals surface area contributed by atoms with Crippen LogP contribution in [-0.2, 0) is 11.3 Å². The predicted octanol–water partition coefficient (Wildman–Crippen LogP) is 5.07. The van der Waals surface area contributed by atoms with Gasteiger partial charge >= 0.3 is 0 Å². The van der Waals surface area contributed by atoms with Crippen LogP contribution in [0.5, 0.6) is 0 Å². The molecule has 0 bridgehead atoms. The topological polar surface area (TPSA) is 59.8 Å². The minimum atomic E-state index is -0.282. The molecular weight excluding hydrogens is 376 g/mol. The number of hydrogen-bond acceptors (Lipinski definition) is 5. The van der Waals surface area contributed by atoms with Crippen LogP contribution in [0.25, 0.3) is 10.7 Å². The van der Waals surface area contributed by atoms with Gasteiger partial charge in [0.1, 0.15) is 0 Å². The van der Waals surface area contributed by atoms with E-state index in [0.29, 0.717) is 0 Å². The van der Waals surface area contributed by atoms with Crippen molar-refractivity contribution in [3.05, 3.63) is 46.3 Å². The quantitative estimate of drug-likeness (QED) is 0.587. The number of aryl methyl sites for hydroxylation is 3. The van der Waals surface area contributed by atoms with Crippen LogP contribution in [0.1, 0.15) is 30.5 Å². The SMILES string of the molecule is CCn1c(SC(C)C(=O)Nc2c(C)cc(C)cc2C)nnc1-c1cccs1. The number of nitrogens with one attached hydrogen (secondary N) is 1. The molecule has 0 saturated carbocycles. The average molecular weight is 401 g/mol. The Morgan fingerprint density at radius 2 is 1.96 bits per heavy atom. The Balaban J connectivity index is 1.76. The molecular formula is C20H24N4OS2. The van der Waals surface area contributed by atoms with E-state index in [9.17, 15) is 4.79 Å². The second kappa shape index (κ2) is 8.27. The largest absolute Gasteiger partial charge is 0.325 e. The number of hydrogen-bond donors (Lipinski definition) is 1. The molecule has 0 saturated heterocycles. The number of thioether (sulfide) groups is 1. The first-order valence-electron chi connectivity index (χ1n) is 8.93. The van der Waals surface area contributed by atoms with Crippen molar-refractivity contribution in [2.45, 2.75) is 51.6 Å². The lowest BCUT2D eigenvalue weighted by Crippen LogP contribution is -2.24. The lowest BCUT2D eigenvalue weighted by Gasteiger charge is -2.16. The van der Waals surface area contributed by atoms with Gasteiger partial charge in [-0.2, -0.15) is 0 Å². The highest BCUT2D eigenvalue weighted by Crippen LogP contribution is 2.30. The van der Waals surface area contributed by atoms with Crippen LogP contribution in [0, 0.1) is 20.8 Å². The van der Waals surface area contributed by atoms with Crippen molar-refractivity contribution in [2.75, 3.05) is 5.32 Å². The third kappa shape index (κ3) is 4.25. The zero-order chi connectivity index (χ0) is 19.6. The summed E-state index contributed by atoms with van der Waals surface area (Å²) in [5.74, 6) is 0.825. The van der Waals surface area contributed by atoms with Crippen LogP contribution >= 0.6 is 23.1 Å². The third-order valence-corrected chi connectivity index (χ3v) is 6.30. The summed E-state index contributed by atoms with van der Waals surface area (Å²) in [6.07, 6.45) is 0. The molecule has 1 unspecified atom stereocenters. The van der Waals surface area contributed by atoms with Gasteiger partial charge < -0.3 is 9.88 Å². The molecule has 1 atom stereocenters. The predicted molar refractivity (Wildman–Crippen MR) is 114 cm³/mol. The van der Waals surface area contributed by atoms with Crippen molar-refractivity contribution in [3.63, 3.8) is 0 Å². The van der Waals surface area contributed by atoms with Gasteiger partial charge in [0.2, 0.25) is 5.91 Å². The van der Waals surface area contributed by atoms with Gasteiger partial charge in [0, 0.05) is 12.2 Å². The molecule has 3 aromatic rings. The first-order chi connectivity index (χ1) is 12.9. The Morgan fingerprint density at radius 1 is 1.26 bits per heavy atom. The molecule has 0 aliphatic rings. The van der Waals surface area contributed by atoms with E-state index in [4.69, 9.17) is 0 Å². The maximum atomic E-state index is 12.8. The standard InChI is InChI=1S/C20H24N4OS2/c1-6-24-18(16-8-7-9-26-16)22-23-20(24)27-15(5)19(25)21-17-13(3)10-12(2)11-14(17)4/h7-11,15H,6H2,1-5H3,(H,21,25). The van der Waals surface area contributed by atoms with Gasteiger partial charge in [-0.15, -0.1) is 21.5 Å². The summed E-state index contributed by atoms with van der Waals surface area (Å²) < 4.78 is 2.06. The minimum absolute atomic E-state index is 0.0293. The van der Waals surface area contributed by atoms with Gasteiger partial charge in [-0.05, 0) is 57.2 Å². The number of amides is 1. The molecule has 0 radical (unpaired) electrons. The van der Waals surface area contributed by atoms with E-state index in [1.54, 1.807) is 11.3 Å². The lowest BCUT2D eigenvalue weighted by atomic mass is 10.1. The summed E-state index contributed by atoms with van der Waals surface area (Å²) in [5, 5.41) is 14.2. The molecule has 3 rings (SSSR count).